The first kappa shape index (κ1) is 15.5. The van der Waals surface area contributed by atoms with E-state index in [1.807, 2.05) is 30.5 Å². The summed E-state index contributed by atoms with van der Waals surface area (Å²) in [5, 5.41) is 9.06. The highest BCUT2D eigenvalue weighted by atomic mass is 32.1. The highest BCUT2D eigenvalue weighted by molar-refractivity contribution is 7.16. The summed E-state index contributed by atoms with van der Waals surface area (Å²) in [7, 11) is 0. The molecule has 0 saturated heterocycles. The summed E-state index contributed by atoms with van der Waals surface area (Å²) in [6.45, 7) is 1.99. The van der Waals surface area contributed by atoms with E-state index in [9.17, 15) is 4.79 Å². The Balaban J connectivity index is 1.47. The van der Waals surface area contributed by atoms with Gasteiger partial charge in [0.05, 0.1) is 17.0 Å². The molecule has 1 saturated carbocycles. The van der Waals surface area contributed by atoms with Crippen LogP contribution in [0.4, 0.5) is 5.69 Å². The van der Waals surface area contributed by atoms with Crippen molar-refractivity contribution >= 4 is 34.3 Å². The molecule has 3 aromatic rings. The molecule has 0 radical (unpaired) electrons. The monoisotopic (exact) mass is 359 g/mol. The third kappa shape index (κ3) is 3.14. The normalized spacial score (nSPS) is 14.5. The number of amides is 1. The summed E-state index contributed by atoms with van der Waals surface area (Å²) >= 11 is 3.16. The number of aromatic nitrogens is 2. The summed E-state index contributed by atoms with van der Waals surface area (Å²) in [5.41, 5.74) is 0.826. The van der Waals surface area contributed by atoms with E-state index in [4.69, 9.17) is 4.52 Å². The molecule has 3 heterocycles. The second-order valence-corrected chi connectivity index (χ2v) is 8.26. The van der Waals surface area contributed by atoms with Crippen molar-refractivity contribution in [2.75, 3.05) is 5.32 Å². The van der Waals surface area contributed by atoms with Gasteiger partial charge < -0.3 is 9.84 Å². The van der Waals surface area contributed by atoms with Gasteiger partial charge in [-0.3, -0.25) is 4.79 Å². The van der Waals surface area contributed by atoms with E-state index in [1.54, 1.807) is 22.7 Å². The molecule has 1 fully saturated rings. The van der Waals surface area contributed by atoms with Gasteiger partial charge in [0.25, 0.3) is 0 Å². The minimum absolute atomic E-state index is 0.00632. The zero-order valence-electron chi connectivity index (χ0n) is 13.2. The lowest BCUT2D eigenvalue weighted by Crippen LogP contribution is -2.13. The van der Waals surface area contributed by atoms with E-state index in [2.05, 4.69) is 15.5 Å². The molecule has 0 bridgehead atoms. The van der Waals surface area contributed by atoms with Crippen LogP contribution in [0.1, 0.15) is 40.8 Å². The van der Waals surface area contributed by atoms with Crippen LogP contribution >= 0.6 is 22.7 Å². The maximum atomic E-state index is 12.2. The first-order valence-corrected chi connectivity index (χ1v) is 9.65. The Morgan fingerprint density at radius 1 is 1.46 bits per heavy atom. The number of hydrogen-bond acceptors (Lipinski definition) is 6. The highest BCUT2D eigenvalue weighted by Crippen LogP contribution is 2.38. The largest absolute Gasteiger partial charge is 0.339 e. The predicted octanol–water partition coefficient (Wildman–Crippen LogP) is 4.62. The number of nitrogens with zero attached hydrogens (tertiary/aromatic N) is 2. The van der Waals surface area contributed by atoms with Crippen molar-refractivity contribution in [3.8, 4) is 10.7 Å². The SMILES string of the molecule is Cc1sc(-c2noc(C3CCC3)n2)cc1NC(=O)Cc1cccs1. The van der Waals surface area contributed by atoms with E-state index in [-0.39, 0.29) is 5.91 Å². The van der Waals surface area contributed by atoms with E-state index < -0.39 is 0 Å². The summed E-state index contributed by atoms with van der Waals surface area (Å²) < 4.78 is 5.38. The van der Waals surface area contributed by atoms with Crippen molar-refractivity contribution in [2.45, 2.75) is 38.5 Å². The van der Waals surface area contributed by atoms with Gasteiger partial charge in [-0.2, -0.15) is 4.98 Å². The average molecular weight is 359 g/mol. The second kappa shape index (κ2) is 6.49. The Bertz CT molecular complexity index is 847. The number of hydrogen-bond donors (Lipinski definition) is 1. The van der Waals surface area contributed by atoms with Crippen molar-refractivity contribution < 1.29 is 9.32 Å². The predicted molar refractivity (Wildman–Crippen MR) is 95.6 cm³/mol. The smallest absolute Gasteiger partial charge is 0.230 e. The Hall–Kier alpha value is -1.99. The Kier molecular flexibility index (Phi) is 4.20. The van der Waals surface area contributed by atoms with Crippen molar-refractivity contribution in [1.82, 2.24) is 10.1 Å². The van der Waals surface area contributed by atoms with E-state index in [0.29, 0.717) is 18.2 Å². The van der Waals surface area contributed by atoms with Crippen LogP contribution in [-0.4, -0.2) is 16.0 Å². The molecular weight excluding hydrogens is 342 g/mol. The molecule has 0 aliphatic heterocycles. The second-order valence-electron chi connectivity index (χ2n) is 5.97. The average Bonchev–Trinajstić information content (AvgIpc) is 3.20. The molecule has 124 valence electrons. The third-order valence-electron chi connectivity index (χ3n) is 4.22. The van der Waals surface area contributed by atoms with Crippen LogP contribution in [0.2, 0.25) is 0 Å². The number of rotatable bonds is 5. The molecule has 0 unspecified atom stereocenters. The van der Waals surface area contributed by atoms with Crippen LogP contribution in [0.15, 0.2) is 28.1 Å². The Labute approximate surface area is 147 Å². The zero-order valence-corrected chi connectivity index (χ0v) is 14.9. The molecule has 0 atom stereocenters. The molecule has 1 amide bonds. The summed E-state index contributed by atoms with van der Waals surface area (Å²) in [4.78, 5) is 19.7. The van der Waals surface area contributed by atoms with Gasteiger partial charge in [-0.25, -0.2) is 0 Å². The van der Waals surface area contributed by atoms with Crippen LogP contribution in [0.25, 0.3) is 10.7 Å². The maximum absolute atomic E-state index is 12.2. The molecule has 1 N–H and O–H groups in total. The van der Waals surface area contributed by atoms with Crippen LogP contribution in [0, 0.1) is 6.92 Å². The lowest BCUT2D eigenvalue weighted by Gasteiger charge is -2.20. The maximum Gasteiger partial charge on any atom is 0.230 e. The fourth-order valence-electron chi connectivity index (χ4n) is 2.64. The van der Waals surface area contributed by atoms with E-state index in [1.165, 1.54) is 6.42 Å². The van der Waals surface area contributed by atoms with Gasteiger partial charge in [0.1, 0.15) is 0 Å². The van der Waals surface area contributed by atoms with Crippen molar-refractivity contribution in [1.29, 1.82) is 0 Å². The highest BCUT2D eigenvalue weighted by Gasteiger charge is 2.26. The zero-order chi connectivity index (χ0) is 16.5. The van der Waals surface area contributed by atoms with Crippen molar-refractivity contribution in [2.24, 2.45) is 0 Å². The molecule has 3 aromatic heterocycles. The van der Waals surface area contributed by atoms with E-state index >= 15 is 0 Å². The number of carbonyl (C=O) groups excluding carboxylic acids is 1. The quantitative estimate of drug-likeness (QED) is 0.722. The topological polar surface area (TPSA) is 68.0 Å². The van der Waals surface area contributed by atoms with Crippen molar-refractivity contribution in [3.63, 3.8) is 0 Å². The van der Waals surface area contributed by atoms with Gasteiger partial charge in [-0.15, -0.1) is 22.7 Å². The third-order valence-corrected chi connectivity index (χ3v) is 6.15. The van der Waals surface area contributed by atoms with Gasteiger partial charge in [-0.05, 0) is 37.3 Å². The fourth-order valence-corrected chi connectivity index (χ4v) is 4.24. The Morgan fingerprint density at radius 2 is 2.33 bits per heavy atom. The molecule has 5 nitrogen and oxygen atoms in total. The Morgan fingerprint density at radius 3 is 3.04 bits per heavy atom. The minimum Gasteiger partial charge on any atom is -0.339 e. The number of thiophene rings is 2. The number of carbonyl (C=O) groups is 1. The van der Waals surface area contributed by atoms with Gasteiger partial charge >= 0.3 is 0 Å². The summed E-state index contributed by atoms with van der Waals surface area (Å²) in [6, 6.07) is 5.86. The van der Waals surface area contributed by atoms with Gasteiger partial charge in [0.2, 0.25) is 17.6 Å². The fraction of sp³-hybridized carbons (Fsp3) is 0.353. The number of aryl methyl sites for hydroxylation is 1. The lowest BCUT2D eigenvalue weighted by molar-refractivity contribution is -0.115. The minimum atomic E-state index is -0.00632. The van der Waals surface area contributed by atoms with Gasteiger partial charge in [0, 0.05) is 15.7 Å². The molecule has 7 heteroatoms. The molecule has 24 heavy (non-hydrogen) atoms. The van der Waals surface area contributed by atoms with Gasteiger partial charge in [0.15, 0.2) is 0 Å². The summed E-state index contributed by atoms with van der Waals surface area (Å²) in [6.07, 6.45) is 3.90. The van der Waals surface area contributed by atoms with Crippen LogP contribution in [-0.2, 0) is 11.2 Å². The van der Waals surface area contributed by atoms with Crippen LogP contribution < -0.4 is 5.32 Å². The number of anilines is 1. The standard InChI is InChI=1S/C17H17N3O2S2/c1-10-13(18-15(21)8-12-6-3-7-23-12)9-14(24-10)16-19-17(22-20-16)11-4-2-5-11/h3,6-7,9,11H,2,4-5,8H2,1H3,(H,18,21). The van der Waals surface area contributed by atoms with Crippen LogP contribution in [0.5, 0.6) is 0 Å². The first-order chi connectivity index (χ1) is 11.7. The molecule has 0 spiro atoms. The van der Waals surface area contributed by atoms with Crippen LogP contribution in [0.3, 0.4) is 0 Å². The first-order valence-electron chi connectivity index (χ1n) is 7.95. The molecule has 1 aliphatic rings. The molecular formula is C17H17N3O2S2. The molecule has 4 rings (SSSR count). The van der Waals surface area contributed by atoms with Crippen molar-refractivity contribution in [3.05, 3.63) is 39.2 Å². The summed E-state index contributed by atoms with van der Waals surface area (Å²) in [5.74, 6) is 1.78. The number of nitrogens with one attached hydrogen (secondary N) is 1. The van der Waals surface area contributed by atoms with Gasteiger partial charge in [-0.1, -0.05) is 17.6 Å². The van der Waals surface area contributed by atoms with E-state index in [0.717, 1.165) is 39.1 Å². The molecule has 0 aromatic carbocycles. The molecule has 1 aliphatic carbocycles. The lowest BCUT2D eigenvalue weighted by atomic mass is 9.85.